The van der Waals surface area contributed by atoms with Gasteiger partial charge in [0, 0.05) is 25.2 Å². The number of carbonyl (C=O) groups excluding carboxylic acids is 1. The Labute approximate surface area is 88.4 Å². The van der Waals surface area contributed by atoms with Gasteiger partial charge in [-0.3, -0.25) is 9.78 Å². The maximum absolute atomic E-state index is 11.4. The molecule has 1 N–H and O–H groups in total. The fourth-order valence-corrected chi connectivity index (χ4v) is 1.42. The number of hydrogen-bond donors (Lipinski definition) is 1. The number of carbonyl (C=O) groups is 1. The standard InChI is InChI=1S/C9H12N2O3S/c1-15(13,14)6-5-11-9(12)8-3-2-4-10-7-8/h2-4,7H,5-6H2,1H3,(H,11,12). The van der Waals surface area contributed by atoms with Crippen molar-refractivity contribution >= 4 is 15.7 Å². The molecule has 0 bridgehead atoms. The molecule has 15 heavy (non-hydrogen) atoms. The van der Waals surface area contributed by atoms with Crippen LogP contribution in [0.25, 0.3) is 0 Å². The van der Waals surface area contributed by atoms with Gasteiger partial charge in [-0.05, 0) is 12.1 Å². The Hall–Kier alpha value is -1.43. The van der Waals surface area contributed by atoms with Gasteiger partial charge < -0.3 is 5.32 Å². The van der Waals surface area contributed by atoms with Crippen LogP contribution in [0, 0.1) is 0 Å². The van der Waals surface area contributed by atoms with E-state index >= 15 is 0 Å². The molecular weight excluding hydrogens is 216 g/mol. The second kappa shape index (κ2) is 4.88. The van der Waals surface area contributed by atoms with Gasteiger partial charge in [0.15, 0.2) is 0 Å². The van der Waals surface area contributed by atoms with E-state index in [0.29, 0.717) is 5.56 Å². The Balaban J connectivity index is 2.45. The first kappa shape index (κ1) is 11.6. The first-order chi connectivity index (χ1) is 6.99. The molecule has 1 aromatic rings. The lowest BCUT2D eigenvalue weighted by molar-refractivity contribution is 0.0956. The molecule has 1 amide bonds. The number of sulfone groups is 1. The van der Waals surface area contributed by atoms with Crippen molar-refractivity contribution in [3.05, 3.63) is 30.1 Å². The van der Waals surface area contributed by atoms with Crippen LogP contribution in [0.5, 0.6) is 0 Å². The molecule has 1 rings (SSSR count). The minimum absolute atomic E-state index is 0.0565. The van der Waals surface area contributed by atoms with Crippen molar-refractivity contribution in [1.82, 2.24) is 10.3 Å². The van der Waals surface area contributed by atoms with Gasteiger partial charge in [0.25, 0.3) is 5.91 Å². The van der Waals surface area contributed by atoms with Gasteiger partial charge in [-0.15, -0.1) is 0 Å². The smallest absolute Gasteiger partial charge is 0.252 e. The van der Waals surface area contributed by atoms with Crippen LogP contribution in [0.3, 0.4) is 0 Å². The molecular formula is C9H12N2O3S. The van der Waals surface area contributed by atoms with Crippen LogP contribution in [-0.2, 0) is 9.84 Å². The summed E-state index contributed by atoms with van der Waals surface area (Å²) in [6.07, 6.45) is 4.12. The Morgan fingerprint density at radius 1 is 1.53 bits per heavy atom. The number of rotatable bonds is 4. The van der Waals surface area contributed by atoms with Crippen molar-refractivity contribution in [3.8, 4) is 0 Å². The van der Waals surface area contributed by atoms with E-state index in [4.69, 9.17) is 0 Å². The molecule has 0 radical (unpaired) electrons. The van der Waals surface area contributed by atoms with Gasteiger partial charge in [0.1, 0.15) is 9.84 Å². The number of pyridine rings is 1. The van der Waals surface area contributed by atoms with Gasteiger partial charge in [-0.2, -0.15) is 0 Å². The van der Waals surface area contributed by atoms with E-state index in [1.165, 1.54) is 6.20 Å². The molecule has 0 fully saturated rings. The second-order valence-corrected chi connectivity index (χ2v) is 5.39. The minimum atomic E-state index is -3.03. The Kier molecular flexibility index (Phi) is 3.79. The topological polar surface area (TPSA) is 76.1 Å². The maximum atomic E-state index is 11.4. The lowest BCUT2D eigenvalue weighted by Crippen LogP contribution is -2.28. The zero-order valence-corrected chi connectivity index (χ0v) is 9.12. The molecule has 0 aromatic carbocycles. The normalized spacial score (nSPS) is 11.0. The van der Waals surface area contributed by atoms with Crippen molar-refractivity contribution in [2.24, 2.45) is 0 Å². The van der Waals surface area contributed by atoms with E-state index < -0.39 is 9.84 Å². The number of amides is 1. The minimum Gasteiger partial charge on any atom is -0.351 e. The molecule has 0 spiro atoms. The molecule has 0 atom stereocenters. The Morgan fingerprint density at radius 2 is 2.27 bits per heavy atom. The molecule has 0 aliphatic carbocycles. The van der Waals surface area contributed by atoms with Crippen molar-refractivity contribution < 1.29 is 13.2 Å². The van der Waals surface area contributed by atoms with Gasteiger partial charge in [-0.1, -0.05) is 0 Å². The monoisotopic (exact) mass is 228 g/mol. The van der Waals surface area contributed by atoms with E-state index in [-0.39, 0.29) is 18.2 Å². The highest BCUT2D eigenvalue weighted by molar-refractivity contribution is 7.90. The molecule has 0 unspecified atom stereocenters. The summed E-state index contributed by atoms with van der Waals surface area (Å²) in [6.45, 7) is 0.118. The summed E-state index contributed by atoms with van der Waals surface area (Å²) < 4.78 is 21.6. The molecule has 1 aromatic heterocycles. The van der Waals surface area contributed by atoms with Crippen molar-refractivity contribution in [2.45, 2.75) is 0 Å². The van der Waals surface area contributed by atoms with Gasteiger partial charge in [-0.25, -0.2) is 8.42 Å². The van der Waals surface area contributed by atoms with E-state index in [1.54, 1.807) is 18.3 Å². The number of nitrogens with one attached hydrogen (secondary N) is 1. The molecule has 0 aliphatic rings. The predicted molar refractivity (Wildman–Crippen MR) is 56.3 cm³/mol. The van der Waals surface area contributed by atoms with E-state index in [9.17, 15) is 13.2 Å². The highest BCUT2D eigenvalue weighted by Crippen LogP contribution is 1.94. The van der Waals surface area contributed by atoms with E-state index in [1.807, 2.05) is 0 Å². The molecule has 0 saturated heterocycles. The number of aromatic nitrogens is 1. The molecule has 82 valence electrons. The summed E-state index contributed by atoms with van der Waals surface area (Å²) in [5.74, 6) is -0.370. The quantitative estimate of drug-likeness (QED) is 0.778. The lowest BCUT2D eigenvalue weighted by Gasteiger charge is -2.03. The third-order valence-electron chi connectivity index (χ3n) is 1.68. The highest BCUT2D eigenvalue weighted by atomic mass is 32.2. The van der Waals surface area contributed by atoms with Crippen LogP contribution in [0.1, 0.15) is 10.4 Å². The average molecular weight is 228 g/mol. The maximum Gasteiger partial charge on any atom is 0.252 e. The zero-order valence-electron chi connectivity index (χ0n) is 8.30. The fourth-order valence-electron chi connectivity index (χ4n) is 0.949. The third-order valence-corrected chi connectivity index (χ3v) is 2.63. The molecule has 1 heterocycles. The zero-order chi connectivity index (χ0) is 11.3. The number of nitrogens with zero attached hydrogens (tertiary/aromatic N) is 1. The largest absolute Gasteiger partial charge is 0.351 e. The summed E-state index contributed by atoms with van der Waals surface area (Å²) in [6, 6.07) is 3.26. The molecule has 5 nitrogen and oxygen atoms in total. The summed E-state index contributed by atoms with van der Waals surface area (Å²) >= 11 is 0. The number of hydrogen-bond acceptors (Lipinski definition) is 4. The van der Waals surface area contributed by atoms with Crippen LogP contribution in [0.15, 0.2) is 24.5 Å². The average Bonchev–Trinajstić information content (AvgIpc) is 2.17. The first-order valence-electron chi connectivity index (χ1n) is 4.35. The van der Waals surface area contributed by atoms with Crippen LogP contribution in [-0.4, -0.2) is 37.9 Å². The van der Waals surface area contributed by atoms with Crippen molar-refractivity contribution in [3.63, 3.8) is 0 Å². The molecule has 0 aliphatic heterocycles. The van der Waals surface area contributed by atoms with Crippen molar-refractivity contribution in [1.29, 1.82) is 0 Å². The first-order valence-corrected chi connectivity index (χ1v) is 6.41. The Bertz CT molecular complexity index is 428. The van der Waals surface area contributed by atoms with Crippen LogP contribution < -0.4 is 5.32 Å². The van der Waals surface area contributed by atoms with Gasteiger partial charge >= 0.3 is 0 Å². The fraction of sp³-hybridized carbons (Fsp3) is 0.333. The van der Waals surface area contributed by atoms with E-state index in [2.05, 4.69) is 10.3 Å². The van der Waals surface area contributed by atoms with Crippen LogP contribution in [0.2, 0.25) is 0 Å². The van der Waals surface area contributed by atoms with Crippen LogP contribution in [0.4, 0.5) is 0 Å². The summed E-state index contributed by atoms with van der Waals surface area (Å²) in [5, 5.41) is 2.50. The van der Waals surface area contributed by atoms with Gasteiger partial charge in [0.2, 0.25) is 0 Å². The lowest BCUT2D eigenvalue weighted by atomic mass is 10.3. The van der Waals surface area contributed by atoms with E-state index in [0.717, 1.165) is 6.26 Å². The van der Waals surface area contributed by atoms with Gasteiger partial charge in [0.05, 0.1) is 11.3 Å². The summed E-state index contributed by atoms with van der Waals surface area (Å²) in [5.41, 5.74) is 0.422. The Morgan fingerprint density at radius 3 is 2.80 bits per heavy atom. The SMILES string of the molecule is CS(=O)(=O)CCNC(=O)c1cccnc1. The molecule has 6 heteroatoms. The highest BCUT2D eigenvalue weighted by Gasteiger charge is 2.06. The van der Waals surface area contributed by atoms with Crippen LogP contribution >= 0.6 is 0 Å². The second-order valence-electron chi connectivity index (χ2n) is 3.13. The summed E-state index contributed by atoms with van der Waals surface area (Å²) in [7, 11) is -3.03. The third kappa shape index (κ3) is 4.55. The predicted octanol–water partition coefficient (Wildman–Crippen LogP) is -0.144. The van der Waals surface area contributed by atoms with Crippen molar-refractivity contribution in [2.75, 3.05) is 18.6 Å². The summed E-state index contributed by atoms with van der Waals surface area (Å²) in [4.78, 5) is 15.2. The molecule has 0 saturated carbocycles.